The molecule has 0 aliphatic heterocycles. The van der Waals surface area contributed by atoms with E-state index < -0.39 is 23.4 Å². The highest BCUT2D eigenvalue weighted by Gasteiger charge is 2.15. The molecule has 0 radical (unpaired) electrons. The first-order valence-electron chi connectivity index (χ1n) is 5.70. The van der Waals surface area contributed by atoms with Crippen LogP contribution in [0.4, 0.5) is 24.5 Å². The minimum Gasteiger partial charge on any atom is -0.399 e. The van der Waals surface area contributed by atoms with Gasteiger partial charge in [0, 0.05) is 17.4 Å². The third-order valence-electron chi connectivity index (χ3n) is 2.67. The van der Waals surface area contributed by atoms with Gasteiger partial charge in [-0.15, -0.1) is 0 Å². The van der Waals surface area contributed by atoms with Gasteiger partial charge in [-0.3, -0.25) is 4.79 Å². The molecule has 3 nitrogen and oxygen atoms in total. The Balaban J connectivity index is 2.30. The molecule has 0 saturated heterocycles. The Morgan fingerprint density at radius 2 is 1.75 bits per heavy atom. The SMILES string of the molecule is Cc1cc(C(=O)Nc2cc(N)cc(F)c2)c(F)cc1F. The maximum Gasteiger partial charge on any atom is 0.258 e. The van der Waals surface area contributed by atoms with Crippen LogP contribution in [0.5, 0.6) is 0 Å². The summed E-state index contributed by atoms with van der Waals surface area (Å²) in [7, 11) is 0. The van der Waals surface area contributed by atoms with Gasteiger partial charge in [-0.2, -0.15) is 0 Å². The quantitative estimate of drug-likeness (QED) is 0.830. The van der Waals surface area contributed by atoms with Gasteiger partial charge in [0.15, 0.2) is 0 Å². The largest absolute Gasteiger partial charge is 0.399 e. The summed E-state index contributed by atoms with van der Waals surface area (Å²) in [5.74, 6) is -3.17. The fraction of sp³-hybridized carbons (Fsp3) is 0.0714. The number of hydrogen-bond donors (Lipinski definition) is 2. The van der Waals surface area contributed by atoms with E-state index in [1.54, 1.807) is 0 Å². The summed E-state index contributed by atoms with van der Waals surface area (Å²) in [5, 5.41) is 2.31. The lowest BCUT2D eigenvalue weighted by Gasteiger charge is -2.08. The maximum absolute atomic E-state index is 13.5. The van der Waals surface area contributed by atoms with Gasteiger partial charge >= 0.3 is 0 Å². The van der Waals surface area contributed by atoms with E-state index in [0.29, 0.717) is 6.07 Å². The number of amides is 1. The van der Waals surface area contributed by atoms with Crippen molar-refractivity contribution in [1.82, 2.24) is 0 Å². The molecule has 104 valence electrons. The summed E-state index contributed by atoms with van der Waals surface area (Å²) in [6, 6.07) is 5.17. The van der Waals surface area contributed by atoms with Crippen LogP contribution < -0.4 is 11.1 Å². The molecule has 0 saturated carbocycles. The van der Waals surface area contributed by atoms with E-state index in [1.165, 1.54) is 13.0 Å². The Morgan fingerprint density at radius 3 is 2.40 bits per heavy atom. The molecule has 2 aromatic rings. The summed E-state index contributed by atoms with van der Waals surface area (Å²) < 4.78 is 39.8. The van der Waals surface area contributed by atoms with Gasteiger partial charge in [0.05, 0.1) is 5.56 Å². The molecule has 0 atom stereocenters. The molecule has 0 unspecified atom stereocenters. The molecule has 0 heterocycles. The summed E-state index contributed by atoms with van der Waals surface area (Å²) in [6.45, 7) is 1.41. The van der Waals surface area contributed by atoms with E-state index in [2.05, 4.69) is 5.32 Å². The Hall–Kier alpha value is -2.50. The number of hydrogen-bond acceptors (Lipinski definition) is 2. The number of anilines is 2. The highest BCUT2D eigenvalue weighted by Crippen LogP contribution is 2.19. The van der Waals surface area contributed by atoms with Crippen molar-refractivity contribution < 1.29 is 18.0 Å². The van der Waals surface area contributed by atoms with Crippen molar-refractivity contribution in [3.8, 4) is 0 Å². The van der Waals surface area contributed by atoms with Gasteiger partial charge in [0.25, 0.3) is 5.91 Å². The molecule has 0 bridgehead atoms. The van der Waals surface area contributed by atoms with E-state index in [9.17, 15) is 18.0 Å². The van der Waals surface area contributed by atoms with E-state index in [-0.39, 0.29) is 22.5 Å². The lowest BCUT2D eigenvalue weighted by Crippen LogP contribution is -2.14. The lowest BCUT2D eigenvalue weighted by atomic mass is 10.1. The molecule has 0 aliphatic carbocycles. The standard InChI is InChI=1S/C14H11F3N2O/c1-7-2-11(13(17)6-12(7)16)14(20)19-10-4-8(15)3-9(18)5-10/h2-6H,18H2,1H3,(H,19,20). The van der Waals surface area contributed by atoms with Crippen LogP contribution in [0.15, 0.2) is 30.3 Å². The van der Waals surface area contributed by atoms with Gasteiger partial charge in [0.2, 0.25) is 0 Å². The zero-order valence-electron chi connectivity index (χ0n) is 10.5. The van der Waals surface area contributed by atoms with E-state index >= 15 is 0 Å². The summed E-state index contributed by atoms with van der Waals surface area (Å²) in [4.78, 5) is 11.9. The first-order chi connectivity index (χ1) is 9.36. The number of aryl methyl sites for hydroxylation is 1. The lowest BCUT2D eigenvalue weighted by molar-refractivity contribution is 0.102. The molecule has 0 aliphatic rings. The normalized spacial score (nSPS) is 10.4. The molecule has 2 rings (SSSR count). The van der Waals surface area contributed by atoms with E-state index in [4.69, 9.17) is 5.73 Å². The minimum absolute atomic E-state index is 0.0916. The molecule has 0 fully saturated rings. The van der Waals surface area contributed by atoms with Gasteiger partial charge in [-0.1, -0.05) is 0 Å². The highest BCUT2D eigenvalue weighted by atomic mass is 19.1. The predicted molar refractivity (Wildman–Crippen MR) is 69.9 cm³/mol. The van der Waals surface area contributed by atoms with E-state index in [0.717, 1.165) is 18.2 Å². The number of rotatable bonds is 2. The third kappa shape index (κ3) is 2.90. The average molecular weight is 280 g/mol. The van der Waals surface area contributed by atoms with Gasteiger partial charge in [-0.25, -0.2) is 13.2 Å². The number of nitrogen functional groups attached to an aromatic ring is 1. The van der Waals surface area contributed by atoms with Crippen LogP contribution in [0.25, 0.3) is 0 Å². The topological polar surface area (TPSA) is 55.1 Å². The Morgan fingerprint density at radius 1 is 1.05 bits per heavy atom. The van der Waals surface area contributed by atoms with Crippen molar-refractivity contribution in [3.63, 3.8) is 0 Å². The third-order valence-corrected chi connectivity index (χ3v) is 2.67. The predicted octanol–water partition coefficient (Wildman–Crippen LogP) is 3.25. The van der Waals surface area contributed by atoms with Crippen LogP contribution in [0.2, 0.25) is 0 Å². The zero-order valence-corrected chi connectivity index (χ0v) is 10.5. The second-order valence-corrected chi connectivity index (χ2v) is 4.31. The fourth-order valence-corrected chi connectivity index (χ4v) is 1.71. The van der Waals surface area contributed by atoms with Crippen molar-refractivity contribution in [3.05, 3.63) is 58.9 Å². The van der Waals surface area contributed by atoms with Gasteiger partial charge < -0.3 is 11.1 Å². The molecule has 3 N–H and O–H groups in total. The molecular formula is C14H11F3N2O. The molecule has 6 heteroatoms. The summed E-state index contributed by atoms with van der Waals surface area (Å²) >= 11 is 0. The number of benzene rings is 2. The fourth-order valence-electron chi connectivity index (χ4n) is 1.71. The van der Waals surface area contributed by atoms with Crippen LogP contribution in [-0.2, 0) is 0 Å². The number of halogens is 3. The number of carbonyl (C=O) groups is 1. The van der Waals surface area contributed by atoms with Crippen molar-refractivity contribution in [2.24, 2.45) is 0 Å². The van der Waals surface area contributed by atoms with Crippen LogP contribution >= 0.6 is 0 Å². The van der Waals surface area contributed by atoms with Crippen LogP contribution in [0.3, 0.4) is 0 Å². The molecule has 20 heavy (non-hydrogen) atoms. The molecule has 1 amide bonds. The molecule has 0 aromatic heterocycles. The van der Waals surface area contributed by atoms with Crippen LogP contribution in [0, 0.1) is 24.4 Å². The monoisotopic (exact) mass is 280 g/mol. The summed E-state index contributed by atoms with van der Waals surface area (Å²) in [5.41, 5.74) is 5.45. The van der Waals surface area contributed by atoms with Gasteiger partial charge in [0.1, 0.15) is 17.5 Å². The Bertz CT molecular complexity index is 666. The van der Waals surface area contributed by atoms with Crippen molar-refractivity contribution in [2.45, 2.75) is 6.92 Å². The van der Waals surface area contributed by atoms with Crippen LogP contribution in [-0.4, -0.2) is 5.91 Å². The van der Waals surface area contributed by atoms with Crippen molar-refractivity contribution in [1.29, 1.82) is 0 Å². The highest BCUT2D eigenvalue weighted by molar-refractivity contribution is 6.04. The second kappa shape index (κ2) is 5.24. The maximum atomic E-state index is 13.5. The number of nitrogens with one attached hydrogen (secondary N) is 1. The van der Waals surface area contributed by atoms with Crippen molar-refractivity contribution in [2.75, 3.05) is 11.1 Å². The number of carbonyl (C=O) groups excluding carboxylic acids is 1. The average Bonchev–Trinajstić information content (AvgIpc) is 2.32. The minimum atomic E-state index is -0.991. The Labute approximate surface area is 113 Å². The Kier molecular flexibility index (Phi) is 3.65. The van der Waals surface area contributed by atoms with E-state index in [1.807, 2.05) is 0 Å². The smallest absolute Gasteiger partial charge is 0.258 e. The summed E-state index contributed by atoms with van der Waals surface area (Å²) in [6.07, 6.45) is 0. The second-order valence-electron chi connectivity index (χ2n) is 4.31. The molecule has 2 aromatic carbocycles. The number of nitrogens with two attached hydrogens (primary N) is 1. The molecule has 0 spiro atoms. The zero-order chi connectivity index (χ0) is 14.9. The molecular weight excluding hydrogens is 269 g/mol. The van der Waals surface area contributed by atoms with Crippen molar-refractivity contribution >= 4 is 17.3 Å². The first kappa shape index (κ1) is 13.9. The van der Waals surface area contributed by atoms with Gasteiger partial charge in [-0.05, 0) is 36.8 Å². The van der Waals surface area contributed by atoms with Crippen LogP contribution in [0.1, 0.15) is 15.9 Å². The first-order valence-corrected chi connectivity index (χ1v) is 5.70.